The number of thiophene rings is 2. The van der Waals surface area contributed by atoms with Crippen LogP contribution < -0.4 is 4.90 Å². The highest BCUT2D eigenvalue weighted by Crippen LogP contribution is 2.47. The van der Waals surface area contributed by atoms with E-state index in [1.165, 1.54) is 67.5 Å². The smallest absolute Gasteiger partial charge is 0.136 e. The second-order valence-electron chi connectivity index (χ2n) is 14.1. The third-order valence-electron chi connectivity index (χ3n) is 11.0. The zero-order valence-corrected chi connectivity index (χ0v) is 30.5. The van der Waals surface area contributed by atoms with Crippen molar-refractivity contribution in [3.05, 3.63) is 176 Å². The standard InChI is InChI=1S/C50H29NOS2/c1-2-11-32-27-49-40(25-31(32)10-1)41-28-34(20-23-46(41)54-49)51(43-16-7-12-30-9-3-4-13-36(30)43)35-21-24-47-42(29-35)50-37(15-8-18-48(50)53-47)33-19-22-39-38-14-5-6-17-44(38)52-45(39)26-33/h1-29H. The summed E-state index contributed by atoms with van der Waals surface area (Å²) < 4.78 is 11.5. The number of para-hydroxylation sites is 1. The first kappa shape index (κ1) is 30.0. The highest BCUT2D eigenvalue weighted by molar-refractivity contribution is 7.26. The summed E-state index contributed by atoms with van der Waals surface area (Å²) in [7, 11) is 0. The molecule has 0 saturated heterocycles. The van der Waals surface area contributed by atoms with Crippen LogP contribution in [-0.4, -0.2) is 0 Å². The number of anilines is 3. The van der Waals surface area contributed by atoms with Crippen molar-refractivity contribution >= 4 is 124 Å². The molecule has 3 heterocycles. The molecule has 0 aliphatic carbocycles. The van der Waals surface area contributed by atoms with E-state index in [1.54, 1.807) is 0 Å². The second kappa shape index (κ2) is 11.5. The molecule has 9 aromatic carbocycles. The first-order chi connectivity index (χ1) is 26.7. The number of fused-ring (bicyclic) bond motifs is 11. The van der Waals surface area contributed by atoms with E-state index in [0.29, 0.717) is 0 Å². The lowest BCUT2D eigenvalue weighted by Crippen LogP contribution is -2.10. The summed E-state index contributed by atoms with van der Waals surface area (Å²) in [4.78, 5) is 2.46. The van der Waals surface area contributed by atoms with Gasteiger partial charge in [-0.2, -0.15) is 0 Å². The quantitative estimate of drug-likeness (QED) is 0.180. The molecule has 0 amide bonds. The van der Waals surface area contributed by atoms with E-state index < -0.39 is 0 Å². The Morgan fingerprint density at radius 2 is 1.02 bits per heavy atom. The molecule has 0 N–H and O–H groups in total. The van der Waals surface area contributed by atoms with Crippen LogP contribution in [0.2, 0.25) is 0 Å². The van der Waals surface area contributed by atoms with Gasteiger partial charge in [-0.25, -0.2) is 0 Å². The fraction of sp³-hybridized carbons (Fsp3) is 0. The largest absolute Gasteiger partial charge is 0.456 e. The summed E-state index contributed by atoms with van der Waals surface area (Å²) in [5.41, 5.74) is 7.64. The van der Waals surface area contributed by atoms with E-state index >= 15 is 0 Å². The number of hydrogen-bond acceptors (Lipinski definition) is 4. The summed E-state index contributed by atoms with van der Waals surface area (Å²) >= 11 is 3.73. The molecule has 4 heteroatoms. The Morgan fingerprint density at radius 1 is 0.370 bits per heavy atom. The van der Waals surface area contributed by atoms with E-state index in [2.05, 4.69) is 169 Å². The summed E-state index contributed by atoms with van der Waals surface area (Å²) in [5, 5.41) is 12.4. The topological polar surface area (TPSA) is 16.4 Å². The van der Waals surface area contributed by atoms with Gasteiger partial charge in [-0.15, -0.1) is 22.7 Å². The van der Waals surface area contributed by atoms with E-state index in [9.17, 15) is 0 Å². The molecule has 0 spiro atoms. The van der Waals surface area contributed by atoms with Gasteiger partial charge in [0.1, 0.15) is 11.2 Å². The number of hydrogen-bond donors (Lipinski definition) is 0. The van der Waals surface area contributed by atoms with Crippen molar-refractivity contribution in [1.82, 2.24) is 0 Å². The van der Waals surface area contributed by atoms with E-state index in [1.807, 2.05) is 34.8 Å². The third-order valence-corrected chi connectivity index (χ3v) is 13.3. The number of furan rings is 1. The SMILES string of the molecule is c1ccc2cc3c(cc2c1)sc1ccc(N(c2ccc4sc5cccc(-c6ccc7c(c6)oc6ccccc67)c5c4c2)c2cccc4ccccc24)cc13. The Morgan fingerprint density at radius 3 is 1.89 bits per heavy atom. The predicted octanol–water partition coefficient (Wildman–Crippen LogP) is 15.8. The molecule has 0 aliphatic heterocycles. The average Bonchev–Trinajstić information content (AvgIpc) is 3.90. The van der Waals surface area contributed by atoms with Gasteiger partial charge in [0.2, 0.25) is 0 Å². The van der Waals surface area contributed by atoms with Crippen molar-refractivity contribution < 1.29 is 4.42 Å². The molecule has 3 aromatic heterocycles. The Hall–Kier alpha value is -6.46. The van der Waals surface area contributed by atoms with Crippen molar-refractivity contribution in [3.8, 4) is 11.1 Å². The second-order valence-corrected chi connectivity index (χ2v) is 16.2. The zero-order chi connectivity index (χ0) is 35.3. The zero-order valence-electron chi connectivity index (χ0n) is 28.9. The molecule has 252 valence electrons. The van der Waals surface area contributed by atoms with Crippen molar-refractivity contribution in [2.75, 3.05) is 4.90 Å². The molecule has 12 aromatic rings. The van der Waals surface area contributed by atoms with Gasteiger partial charge in [0.05, 0.1) is 5.69 Å². The molecule has 0 saturated carbocycles. The molecule has 0 unspecified atom stereocenters. The third kappa shape index (κ3) is 4.51. The fourth-order valence-electron chi connectivity index (χ4n) is 8.51. The number of nitrogens with zero attached hydrogens (tertiary/aromatic N) is 1. The predicted molar refractivity (Wildman–Crippen MR) is 235 cm³/mol. The average molecular weight is 724 g/mol. The first-order valence-corrected chi connectivity index (χ1v) is 19.9. The van der Waals surface area contributed by atoms with E-state index in [4.69, 9.17) is 4.42 Å². The van der Waals surface area contributed by atoms with Gasteiger partial charge in [-0.05, 0) is 106 Å². The molecule has 2 nitrogen and oxygen atoms in total. The van der Waals surface area contributed by atoms with Crippen LogP contribution in [0.4, 0.5) is 17.1 Å². The molecule has 0 bridgehead atoms. The lowest BCUT2D eigenvalue weighted by molar-refractivity contribution is 0.669. The maximum Gasteiger partial charge on any atom is 0.136 e. The summed E-state index contributed by atoms with van der Waals surface area (Å²) in [6.45, 7) is 0. The molecular formula is C50H29NOS2. The molecular weight excluding hydrogens is 695 g/mol. The monoisotopic (exact) mass is 723 g/mol. The minimum atomic E-state index is 0.914. The lowest BCUT2D eigenvalue weighted by Gasteiger charge is -2.27. The van der Waals surface area contributed by atoms with Crippen molar-refractivity contribution in [1.29, 1.82) is 0 Å². The van der Waals surface area contributed by atoms with Crippen LogP contribution in [0.3, 0.4) is 0 Å². The van der Waals surface area contributed by atoms with Gasteiger partial charge in [0.15, 0.2) is 0 Å². The van der Waals surface area contributed by atoms with Gasteiger partial charge in [-0.1, -0.05) is 97.1 Å². The minimum Gasteiger partial charge on any atom is -0.456 e. The molecule has 0 aliphatic rings. The van der Waals surface area contributed by atoms with Crippen molar-refractivity contribution in [2.24, 2.45) is 0 Å². The molecule has 0 radical (unpaired) electrons. The highest BCUT2D eigenvalue weighted by Gasteiger charge is 2.20. The lowest BCUT2D eigenvalue weighted by atomic mass is 9.98. The normalized spacial score (nSPS) is 12.1. The maximum absolute atomic E-state index is 6.35. The van der Waals surface area contributed by atoms with Crippen LogP contribution >= 0.6 is 22.7 Å². The van der Waals surface area contributed by atoms with Crippen LogP contribution in [-0.2, 0) is 0 Å². The van der Waals surface area contributed by atoms with Crippen LogP contribution in [0.1, 0.15) is 0 Å². The number of rotatable bonds is 4. The maximum atomic E-state index is 6.35. The minimum absolute atomic E-state index is 0.914. The molecule has 54 heavy (non-hydrogen) atoms. The Labute approximate surface area is 318 Å². The van der Waals surface area contributed by atoms with Gasteiger partial charge < -0.3 is 9.32 Å². The van der Waals surface area contributed by atoms with Gasteiger partial charge >= 0.3 is 0 Å². The van der Waals surface area contributed by atoms with Crippen LogP contribution in [0.25, 0.3) is 95.0 Å². The van der Waals surface area contributed by atoms with Gasteiger partial charge in [-0.3, -0.25) is 0 Å². The van der Waals surface area contributed by atoms with E-state index in [0.717, 1.165) is 44.6 Å². The molecule has 0 fully saturated rings. The summed E-state index contributed by atoms with van der Waals surface area (Å²) in [5.74, 6) is 0. The van der Waals surface area contributed by atoms with Crippen molar-refractivity contribution in [2.45, 2.75) is 0 Å². The van der Waals surface area contributed by atoms with Gasteiger partial charge in [0.25, 0.3) is 0 Å². The van der Waals surface area contributed by atoms with Crippen LogP contribution in [0, 0.1) is 0 Å². The molecule has 0 atom stereocenters. The fourth-order valence-corrected chi connectivity index (χ4v) is 10.7. The summed E-state index contributed by atoms with van der Waals surface area (Å²) in [6, 6.07) is 64.4. The first-order valence-electron chi connectivity index (χ1n) is 18.2. The van der Waals surface area contributed by atoms with Gasteiger partial charge in [0, 0.05) is 67.9 Å². The Bertz CT molecular complexity index is 3470. The highest BCUT2D eigenvalue weighted by atomic mass is 32.1. The van der Waals surface area contributed by atoms with Crippen LogP contribution in [0.5, 0.6) is 0 Å². The Balaban J connectivity index is 1.09. The number of benzene rings is 9. The van der Waals surface area contributed by atoms with Crippen molar-refractivity contribution in [3.63, 3.8) is 0 Å². The van der Waals surface area contributed by atoms with E-state index in [-0.39, 0.29) is 0 Å². The summed E-state index contributed by atoms with van der Waals surface area (Å²) in [6.07, 6.45) is 0. The Kier molecular flexibility index (Phi) is 6.41. The van der Waals surface area contributed by atoms with Crippen LogP contribution in [0.15, 0.2) is 180 Å². The molecule has 12 rings (SSSR count).